The molecule has 0 spiro atoms. The standard InChI is InChI=1S/C56H43N3S2/c1-56(2,3)59-54(57(48-22-12-18-38-14-4-8-20-46(38)48)44-30-26-40(27-31-44)52-36-42-16-6-10-24-50(42)60-52)34-35-55(59)58(49-23-13-19-39-15-5-9-21-47(39)49)45-32-28-41(29-33-45)53-37-43-17-7-11-25-51(43)61-53/h4-37H,1-3H3. The average molecular weight is 822 g/mol. The highest BCUT2D eigenvalue weighted by molar-refractivity contribution is 7.22. The highest BCUT2D eigenvalue weighted by Crippen LogP contribution is 2.48. The van der Waals surface area contributed by atoms with Crippen LogP contribution in [-0.2, 0) is 5.54 Å². The Morgan fingerprint density at radius 1 is 0.377 bits per heavy atom. The van der Waals surface area contributed by atoms with Crippen molar-refractivity contribution in [1.29, 1.82) is 0 Å². The van der Waals surface area contributed by atoms with Gasteiger partial charge in [0.15, 0.2) is 0 Å². The summed E-state index contributed by atoms with van der Waals surface area (Å²) in [6.07, 6.45) is 0. The first-order valence-corrected chi connectivity index (χ1v) is 22.5. The molecular weight excluding hydrogens is 779 g/mol. The van der Waals surface area contributed by atoms with Crippen LogP contribution >= 0.6 is 22.7 Å². The van der Waals surface area contributed by atoms with Gasteiger partial charge < -0.3 is 4.57 Å². The van der Waals surface area contributed by atoms with Crippen molar-refractivity contribution in [2.45, 2.75) is 26.3 Å². The van der Waals surface area contributed by atoms with E-state index in [0.717, 1.165) is 34.4 Å². The summed E-state index contributed by atoms with van der Waals surface area (Å²) < 4.78 is 5.14. The molecule has 0 unspecified atom stereocenters. The van der Waals surface area contributed by atoms with Gasteiger partial charge in [-0.1, -0.05) is 133 Å². The third-order valence-electron chi connectivity index (χ3n) is 11.7. The van der Waals surface area contributed by atoms with Crippen LogP contribution in [0.4, 0.5) is 34.4 Å². The molecule has 0 aliphatic heterocycles. The van der Waals surface area contributed by atoms with Crippen LogP contribution in [0.3, 0.4) is 0 Å². The van der Waals surface area contributed by atoms with Crippen LogP contribution in [-0.4, -0.2) is 4.57 Å². The summed E-state index contributed by atoms with van der Waals surface area (Å²) in [4.78, 5) is 7.46. The van der Waals surface area contributed by atoms with Crippen molar-refractivity contribution in [3.05, 3.63) is 206 Å². The van der Waals surface area contributed by atoms with Crippen LogP contribution in [0.1, 0.15) is 20.8 Å². The minimum absolute atomic E-state index is 0.326. The van der Waals surface area contributed by atoms with Gasteiger partial charge in [0.1, 0.15) is 11.6 Å². The monoisotopic (exact) mass is 821 g/mol. The van der Waals surface area contributed by atoms with E-state index in [9.17, 15) is 0 Å². The van der Waals surface area contributed by atoms with Gasteiger partial charge in [-0.25, -0.2) is 0 Å². The zero-order chi connectivity index (χ0) is 41.1. The number of nitrogens with zero attached hydrogens (tertiary/aromatic N) is 3. The molecule has 3 heterocycles. The Hall–Kier alpha value is -6.92. The molecule has 0 atom stereocenters. The van der Waals surface area contributed by atoms with E-state index in [-0.39, 0.29) is 5.54 Å². The predicted octanol–water partition coefficient (Wildman–Crippen LogP) is 17.3. The molecule has 0 radical (unpaired) electrons. The van der Waals surface area contributed by atoms with E-state index in [1.807, 2.05) is 22.7 Å². The van der Waals surface area contributed by atoms with Crippen molar-refractivity contribution < 1.29 is 0 Å². The lowest BCUT2D eigenvalue weighted by Crippen LogP contribution is -2.29. The highest BCUT2D eigenvalue weighted by atomic mass is 32.1. The molecule has 0 aliphatic carbocycles. The Morgan fingerprint density at radius 3 is 1.16 bits per heavy atom. The largest absolute Gasteiger partial charge is 0.308 e. The molecule has 3 nitrogen and oxygen atoms in total. The molecule has 294 valence electrons. The Kier molecular flexibility index (Phi) is 9.10. The Balaban J connectivity index is 1.11. The maximum atomic E-state index is 2.52. The van der Waals surface area contributed by atoms with E-state index >= 15 is 0 Å². The fourth-order valence-corrected chi connectivity index (χ4v) is 11.0. The molecule has 0 saturated carbocycles. The number of fused-ring (bicyclic) bond motifs is 4. The maximum Gasteiger partial charge on any atom is 0.119 e. The molecule has 11 rings (SSSR count). The smallest absolute Gasteiger partial charge is 0.119 e. The lowest BCUT2D eigenvalue weighted by atomic mass is 10.1. The normalized spacial score (nSPS) is 11.9. The van der Waals surface area contributed by atoms with E-state index < -0.39 is 0 Å². The van der Waals surface area contributed by atoms with Crippen molar-refractivity contribution in [1.82, 2.24) is 4.57 Å². The fraction of sp³-hybridized carbons (Fsp3) is 0.0714. The van der Waals surface area contributed by atoms with E-state index in [0.29, 0.717) is 0 Å². The summed E-state index contributed by atoms with van der Waals surface area (Å²) in [7, 11) is 0. The molecule has 11 aromatic rings. The number of hydrogen-bond acceptors (Lipinski definition) is 4. The minimum Gasteiger partial charge on any atom is -0.308 e. The summed E-state index contributed by atoms with van der Waals surface area (Å²) >= 11 is 3.69. The van der Waals surface area contributed by atoms with Gasteiger partial charge in [0.25, 0.3) is 0 Å². The molecule has 61 heavy (non-hydrogen) atoms. The molecule has 3 aromatic heterocycles. The summed E-state index contributed by atoms with van der Waals surface area (Å²) in [5.41, 5.74) is 6.57. The third kappa shape index (κ3) is 6.67. The maximum absolute atomic E-state index is 2.52. The topological polar surface area (TPSA) is 11.4 Å². The lowest BCUT2D eigenvalue weighted by molar-refractivity contribution is 0.405. The predicted molar refractivity (Wildman–Crippen MR) is 265 cm³/mol. The van der Waals surface area contributed by atoms with Gasteiger partial charge in [-0.15, -0.1) is 22.7 Å². The molecule has 0 N–H and O–H groups in total. The van der Waals surface area contributed by atoms with Crippen molar-refractivity contribution in [3.63, 3.8) is 0 Å². The number of benzene rings is 8. The Labute approximate surface area is 364 Å². The highest BCUT2D eigenvalue weighted by Gasteiger charge is 2.30. The van der Waals surface area contributed by atoms with Crippen molar-refractivity contribution in [2.75, 3.05) is 9.80 Å². The van der Waals surface area contributed by atoms with E-state index in [4.69, 9.17) is 0 Å². The lowest BCUT2D eigenvalue weighted by Gasteiger charge is -2.37. The van der Waals surface area contributed by atoms with E-state index in [1.165, 1.54) is 62.6 Å². The van der Waals surface area contributed by atoms with Gasteiger partial charge in [0.05, 0.1) is 11.4 Å². The van der Waals surface area contributed by atoms with Gasteiger partial charge in [-0.05, 0) is 126 Å². The number of hydrogen-bond donors (Lipinski definition) is 0. The van der Waals surface area contributed by atoms with Crippen molar-refractivity contribution in [3.8, 4) is 20.9 Å². The van der Waals surface area contributed by atoms with Gasteiger partial charge in [0, 0.05) is 46.8 Å². The molecule has 0 fully saturated rings. The number of anilines is 6. The zero-order valence-corrected chi connectivity index (χ0v) is 35.9. The van der Waals surface area contributed by atoms with Crippen LogP contribution in [0.5, 0.6) is 0 Å². The minimum atomic E-state index is -0.326. The number of aromatic nitrogens is 1. The molecule has 0 saturated heterocycles. The van der Waals surface area contributed by atoms with E-state index in [2.05, 4.69) is 241 Å². The van der Waals surface area contributed by atoms with Crippen LogP contribution < -0.4 is 9.80 Å². The molecule has 8 aromatic carbocycles. The molecule has 0 amide bonds. The first-order chi connectivity index (χ1) is 29.9. The summed E-state index contributed by atoms with van der Waals surface area (Å²) in [6, 6.07) is 75.6. The molecular formula is C56H43N3S2. The van der Waals surface area contributed by atoms with Gasteiger partial charge in [0.2, 0.25) is 0 Å². The zero-order valence-electron chi connectivity index (χ0n) is 34.3. The van der Waals surface area contributed by atoms with Crippen LogP contribution in [0.25, 0.3) is 62.6 Å². The van der Waals surface area contributed by atoms with Crippen LogP contribution in [0.2, 0.25) is 0 Å². The van der Waals surface area contributed by atoms with E-state index in [1.54, 1.807) is 0 Å². The molecule has 5 heteroatoms. The van der Waals surface area contributed by atoms with Crippen LogP contribution in [0.15, 0.2) is 206 Å². The second-order valence-electron chi connectivity index (χ2n) is 16.6. The first kappa shape index (κ1) is 37.1. The summed E-state index contributed by atoms with van der Waals surface area (Å²) in [5, 5.41) is 7.37. The van der Waals surface area contributed by atoms with Gasteiger partial charge in [-0.2, -0.15) is 0 Å². The second kappa shape index (κ2) is 15.0. The first-order valence-electron chi connectivity index (χ1n) is 20.8. The summed E-state index contributed by atoms with van der Waals surface area (Å²) in [6.45, 7) is 6.95. The number of thiophene rings is 2. The SMILES string of the molecule is CC(C)(C)n1c(N(c2ccc(-c3cc4ccccc4s3)cc2)c2cccc3ccccc23)ccc1N(c1ccc(-c2cc3ccccc3s2)cc1)c1cccc2ccccc12. The Morgan fingerprint density at radius 2 is 0.754 bits per heavy atom. The number of rotatable bonds is 8. The third-order valence-corrected chi connectivity index (χ3v) is 14.0. The molecule has 0 bridgehead atoms. The second-order valence-corrected chi connectivity index (χ2v) is 18.8. The Bertz CT molecular complexity index is 3070. The fourth-order valence-electron chi connectivity index (χ4n) is 8.85. The molecule has 0 aliphatic rings. The van der Waals surface area contributed by atoms with Crippen LogP contribution in [0, 0.1) is 0 Å². The van der Waals surface area contributed by atoms with Gasteiger partial charge in [-0.3, -0.25) is 9.80 Å². The van der Waals surface area contributed by atoms with Crippen molar-refractivity contribution >= 4 is 98.8 Å². The quantitative estimate of drug-likeness (QED) is 0.151. The van der Waals surface area contributed by atoms with Gasteiger partial charge >= 0.3 is 0 Å². The average Bonchev–Trinajstić information content (AvgIpc) is 4.05. The summed E-state index contributed by atoms with van der Waals surface area (Å²) in [5.74, 6) is 2.17. The van der Waals surface area contributed by atoms with Crippen molar-refractivity contribution in [2.24, 2.45) is 0 Å².